The molecule has 0 aliphatic rings. The highest BCUT2D eigenvalue weighted by atomic mass is 32.2. The standard InChI is InChI=1S/C15H14N4O4S2/c1-18-8-12(13(20)19(2)15(18)21)25(22,23)17-14-16-11(9-24-14)10-6-4-3-5-7-10/h3-9H,1-2H3,(H,16,17). The number of rotatable bonds is 4. The smallest absolute Gasteiger partial charge is 0.302 e. The van der Waals surface area contributed by atoms with Crippen LogP contribution < -0.4 is 16.0 Å². The Labute approximate surface area is 147 Å². The molecular weight excluding hydrogens is 364 g/mol. The van der Waals surface area contributed by atoms with Crippen molar-refractivity contribution in [3.63, 3.8) is 0 Å². The lowest BCUT2D eigenvalue weighted by molar-refractivity contribution is 0.589. The first kappa shape index (κ1) is 17.1. The maximum absolute atomic E-state index is 12.5. The molecule has 1 N–H and O–H groups in total. The van der Waals surface area contributed by atoms with Crippen LogP contribution in [0.25, 0.3) is 11.3 Å². The summed E-state index contributed by atoms with van der Waals surface area (Å²) >= 11 is 1.10. The van der Waals surface area contributed by atoms with E-state index in [2.05, 4.69) is 9.71 Å². The number of nitrogens with one attached hydrogen (secondary N) is 1. The molecule has 0 radical (unpaired) electrons. The number of anilines is 1. The Morgan fingerprint density at radius 2 is 1.80 bits per heavy atom. The van der Waals surface area contributed by atoms with E-state index < -0.39 is 26.2 Å². The summed E-state index contributed by atoms with van der Waals surface area (Å²) in [6.45, 7) is 0. The fraction of sp³-hybridized carbons (Fsp3) is 0.133. The van der Waals surface area contributed by atoms with Gasteiger partial charge in [-0.3, -0.25) is 14.1 Å². The van der Waals surface area contributed by atoms with Crippen LogP contribution in [0.1, 0.15) is 0 Å². The Bertz CT molecular complexity index is 1140. The Morgan fingerprint density at radius 3 is 2.48 bits per heavy atom. The van der Waals surface area contributed by atoms with Gasteiger partial charge in [-0.1, -0.05) is 30.3 Å². The van der Waals surface area contributed by atoms with Crippen LogP contribution in [0.3, 0.4) is 0 Å². The first-order valence-corrected chi connectivity index (χ1v) is 9.46. The van der Waals surface area contributed by atoms with Crippen LogP contribution in [0.5, 0.6) is 0 Å². The molecule has 130 valence electrons. The molecule has 2 aromatic heterocycles. The second-order valence-corrected chi connectivity index (χ2v) is 7.77. The van der Waals surface area contributed by atoms with Crippen molar-refractivity contribution in [2.75, 3.05) is 4.72 Å². The third-order valence-corrected chi connectivity index (χ3v) is 5.71. The molecule has 25 heavy (non-hydrogen) atoms. The topological polar surface area (TPSA) is 103 Å². The Kier molecular flexibility index (Phi) is 4.31. The highest BCUT2D eigenvalue weighted by molar-refractivity contribution is 7.92. The van der Waals surface area contributed by atoms with Crippen molar-refractivity contribution in [1.82, 2.24) is 14.1 Å². The lowest BCUT2D eigenvalue weighted by atomic mass is 10.2. The fourth-order valence-corrected chi connectivity index (χ4v) is 4.33. The van der Waals surface area contributed by atoms with E-state index in [1.165, 1.54) is 14.1 Å². The lowest BCUT2D eigenvalue weighted by Gasteiger charge is -2.08. The van der Waals surface area contributed by atoms with Gasteiger partial charge in [0.15, 0.2) is 10.0 Å². The molecule has 0 unspecified atom stereocenters. The van der Waals surface area contributed by atoms with Crippen molar-refractivity contribution in [2.45, 2.75) is 4.90 Å². The molecule has 3 aromatic rings. The summed E-state index contributed by atoms with van der Waals surface area (Å²) in [5.74, 6) is 0. The van der Waals surface area contributed by atoms with E-state index in [0.717, 1.165) is 32.2 Å². The van der Waals surface area contributed by atoms with Crippen molar-refractivity contribution in [3.8, 4) is 11.3 Å². The minimum atomic E-state index is -4.17. The summed E-state index contributed by atoms with van der Waals surface area (Å²) < 4.78 is 29.1. The molecule has 0 aliphatic heterocycles. The summed E-state index contributed by atoms with van der Waals surface area (Å²) in [7, 11) is -1.57. The quantitative estimate of drug-likeness (QED) is 0.730. The minimum Gasteiger partial charge on any atom is -0.302 e. The fourth-order valence-electron chi connectivity index (χ4n) is 2.19. The van der Waals surface area contributed by atoms with Crippen molar-refractivity contribution in [2.24, 2.45) is 14.1 Å². The predicted molar refractivity (Wildman–Crippen MR) is 95.3 cm³/mol. The second-order valence-electron chi connectivity index (χ2n) is 5.26. The van der Waals surface area contributed by atoms with E-state index in [-0.39, 0.29) is 5.13 Å². The molecule has 0 saturated carbocycles. The number of sulfonamides is 1. The van der Waals surface area contributed by atoms with Gasteiger partial charge in [-0.15, -0.1) is 11.3 Å². The van der Waals surface area contributed by atoms with Crippen molar-refractivity contribution >= 4 is 26.5 Å². The van der Waals surface area contributed by atoms with Gasteiger partial charge in [0, 0.05) is 31.2 Å². The van der Waals surface area contributed by atoms with Gasteiger partial charge in [-0.2, -0.15) is 0 Å². The summed E-state index contributed by atoms with van der Waals surface area (Å²) in [4.78, 5) is 27.5. The SMILES string of the molecule is Cn1cc(S(=O)(=O)Nc2nc(-c3ccccc3)cs2)c(=O)n(C)c1=O. The number of hydrogen-bond acceptors (Lipinski definition) is 6. The summed E-state index contributed by atoms with van der Waals surface area (Å²) in [5, 5.41) is 1.85. The summed E-state index contributed by atoms with van der Waals surface area (Å²) in [6.07, 6.45) is 0.999. The first-order valence-electron chi connectivity index (χ1n) is 7.10. The van der Waals surface area contributed by atoms with Gasteiger partial charge < -0.3 is 4.57 Å². The maximum atomic E-state index is 12.5. The molecule has 3 rings (SSSR count). The van der Waals surface area contributed by atoms with Crippen LogP contribution in [-0.2, 0) is 24.1 Å². The number of benzene rings is 1. The zero-order valence-corrected chi connectivity index (χ0v) is 15.0. The van der Waals surface area contributed by atoms with Crippen molar-refractivity contribution < 1.29 is 8.42 Å². The summed E-state index contributed by atoms with van der Waals surface area (Å²) in [5.41, 5.74) is -0.0288. The van der Waals surface area contributed by atoms with Gasteiger partial charge in [0.2, 0.25) is 0 Å². The van der Waals surface area contributed by atoms with Gasteiger partial charge in [0.25, 0.3) is 15.6 Å². The van der Waals surface area contributed by atoms with E-state index in [1.54, 1.807) is 5.38 Å². The number of aryl methyl sites for hydroxylation is 1. The Morgan fingerprint density at radius 1 is 1.12 bits per heavy atom. The predicted octanol–water partition coefficient (Wildman–Crippen LogP) is 1.01. The molecule has 0 bridgehead atoms. The highest BCUT2D eigenvalue weighted by Gasteiger charge is 2.22. The molecular formula is C15H14N4O4S2. The van der Waals surface area contributed by atoms with E-state index in [1.807, 2.05) is 30.3 Å². The second kappa shape index (κ2) is 6.30. The third kappa shape index (κ3) is 3.26. The molecule has 0 atom stereocenters. The summed E-state index contributed by atoms with van der Waals surface area (Å²) in [6, 6.07) is 9.29. The number of hydrogen-bond donors (Lipinski definition) is 1. The van der Waals surface area contributed by atoms with Crippen LogP contribution in [0.4, 0.5) is 5.13 Å². The van der Waals surface area contributed by atoms with Gasteiger partial charge in [-0.25, -0.2) is 18.2 Å². The van der Waals surface area contributed by atoms with E-state index >= 15 is 0 Å². The third-order valence-electron chi connectivity index (χ3n) is 3.50. The Balaban J connectivity index is 1.97. The molecule has 0 fully saturated rings. The monoisotopic (exact) mass is 378 g/mol. The number of thiazole rings is 1. The molecule has 0 amide bonds. The molecule has 1 aromatic carbocycles. The van der Waals surface area contributed by atoms with Crippen LogP contribution >= 0.6 is 11.3 Å². The molecule has 0 saturated heterocycles. The van der Waals surface area contributed by atoms with Crippen LogP contribution in [0, 0.1) is 0 Å². The molecule has 0 spiro atoms. The average Bonchev–Trinajstić information content (AvgIpc) is 3.04. The Hall–Kier alpha value is -2.72. The zero-order chi connectivity index (χ0) is 18.2. The molecule has 0 aliphatic carbocycles. The van der Waals surface area contributed by atoms with E-state index in [9.17, 15) is 18.0 Å². The van der Waals surface area contributed by atoms with Crippen LogP contribution in [-0.4, -0.2) is 22.5 Å². The molecule has 10 heteroatoms. The normalized spacial score (nSPS) is 11.4. The van der Waals surface area contributed by atoms with E-state index in [4.69, 9.17) is 0 Å². The minimum absolute atomic E-state index is 0.134. The zero-order valence-electron chi connectivity index (χ0n) is 13.3. The van der Waals surface area contributed by atoms with E-state index in [0.29, 0.717) is 5.69 Å². The van der Waals surface area contributed by atoms with Crippen LogP contribution in [0.15, 0.2) is 56.4 Å². The van der Waals surface area contributed by atoms with Crippen molar-refractivity contribution in [3.05, 3.63) is 62.7 Å². The number of aromatic nitrogens is 3. The van der Waals surface area contributed by atoms with Gasteiger partial charge in [-0.05, 0) is 0 Å². The van der Waals surface area contributed by atoms with Crippen molar-refractivity contribution in [1.29, 1.82) is 0 Å². The van der Waals surface area contributed by atoms with Gasteiger partial charge >= 0.3 is 5.69 Å². The molecule has 8 nitrogen and oxygen atoms in total. The van der Waals surface area contributed by atoms with Gasteiger partial charge in [0.05, 0.1) is 5.69 Å². The first-order chi connectivity index (χ1) is 11.8. The largest absolute Gasteiger partial charge is 0.330 e. The average molecular weight is 378 g/mol. The van der Waals surface area contributed by atoms with Gasteiger partial charge in [0.1, 0.15) is 0 Å². The highest BCUT2D eigenvalue weighted by Crippen LogP contribution is 2.25. The number of nitrogens with zero attached hydrogens (tertiary/aromatic N) is 3. The van der Waals surface area contributed by atoms with Crippen LogP contribution in [0.2, 0.25) is 0 Å². The lowest BCUT2D eigenvalue weighted by Crippen LogP contribution is -2.40. The molecule has 2 heterocycles. The maximum Gasteiger partial charge on any atom is 0.330 e.